The minimum Gasteiger partial charge on any atom is -0.337 e. The molecule has 4 fully saturated rings. The highest BCUT2D eigenvalue weighted by Crippen LogP contribution is 2.55. The molecule has 4 saturated carbocycles. The molecule has 4 aliphatic rings. The average Bonchev–Trinajstić information content (AvgIpc) is 2.59. The quantitative estimate of drug-likeness (QED) is 0.826. The molecule has 0 N–H and O–H groups in total. The molecular weight excluding hydrogens is 314 g/mol. The molecule has 5 heteroatoms. The lowest BCUT2D eigenvalue weighted by Gasteiger charge is -2.56. The van der Waals surface area contributed by atoms with E-state index in [1.54, 1.807) is 6.07 Å². The first-order chi connectivity index (χ1) is 12.1. The highest BCUT2D eigenvalue weighted by atomic mass is 16.2. The van der Waals surface area contributed by atoms with Gasteiger partial charge in [-0.25, -0.2) is 4.68 Å². The van der Waals surface area contributed by atoms with Gasteiger partial charge < -0.3 is 4.90 Å². The van der Waals surface area contributed by atoms with E-state index in [1.807, 2.05) is 11.9 Å². The lowest BCUT2D eigenvalue weighted by Crippen LogP contribution is -2.56. The van der Waals surface area contributed by atoms with Crippen molar-refractivity contribution < 1.29 is 4.79 Å². The van der Waals surface area contributed by atoms with Crippen LogP contribution in [0.5, 0.6) is 0 Å². The Morgan fingerprint density at radius 3 is 2.40 bits per heavy atom. The van der Waals surface area contributed by atoms with Gasteiger partial charge in [0.15, 0.2) is 0 Å². The zero-order chi connectivity index (χ0) is 17.6. The summed E-state index contributed by atoms with van der Waals surface area (Å²) < 4.78 is 1.45. The molecule has 5 nitrogen and oxygen atoms in total. The van der Waals surface area contributed by atoms with Gasteiger partial charge in [-0.2, -0.15) is 5.10 Å². The van der Waals surface area contributed by atoms with Crippen LogP contribution in [0.25, 0.3) is 0 Å². The first kappa shape index (κ1) is 16.8. The second-order valence-electron chi connectivity index (χ2n) is 8.47. The Bertz CT molecular complexity index is 683. The third kappa shape index (κ3) is 3.02. The van der Waals surface area contributed by atoms with Crippen LogP contribution in [0.15, 0.2) is 16.9 Å². The van der Waals surface area contributed by atoms with Gasteiger partial charge in [-0.15, -0.1) is 0 Å². The van der Waals surface area contributed by atoms with Crippen LogP contribution in [0.2, 0.25) is 0 Å². The van der Waals surface area contributed by atoms with Crippen molar-refractivity contribution in [3.63, 3.8) is 0 Å². The van der Waals surface area contributed by atoms with Gasteiger partial charge in [0.1, 0.15) is 5.69 Å². The largest absolute Gasteiger partial charge is 0.337 e. The van der Waals surface area contributed by atoms with Crippen molar-refractivity contribution in [3.05, 3.63) is 28.2 Å². The minimum absolute atomic E-state index is 0.0253. The Labute approximate surface area is 149 Å². The Morgan fingerprint density at radius 2 is 1.80 bits per heavy atom. The predicted molar refractivity (Wildman–Crippen MR) is 96.3 cm³/mol. The monoisotopic (exact) mass is 343 g/mol. The van der Waals surface area contributed by atoms with Crippen LogP contribution in [0.4, 0.5) is 0 Å². The number of hydrogen-bond acceptors (Lipinski definition) is 3. The summed E-state index contributed by atoms with van der Waals surface area (Å²) in [4.78, 5) is 26.9. The zero-order valence-electron chi connectivity index (χ0n) is 15.4. The van der Waals surface area contributed by atoms with E-state index in [-0.39, 0.29) is 11.5 Å². The van der Waals surface area contributed by atoms with Crippen molar-refractivity contribution in [2.24, 2.45) is 23.7 Å². The van der Waals surface area contributed by atoms with Crippen molar-refractivity contribution in [1.29, 1.82) is 0 Å². The van der Waals surface area contributed by atoms with E-state index in [9.17, 15) is 9.59 Å². The molecule has 1 heterocycles. The van der Waals surface area contributed by atoms with Gasteiger partial charge in [0, 0.05) is 25.7 Å². The maximum absolute atomic E-state index is 13.1. The molecule has 0 atom stereocenters. The summed E-state index contributed by atoms with van der Waals surface area (Å²) in [6, 6.07) is 3.44. The predicted octanol–water partition coefficient (Wildman–Crippen LogP) is 2.94. The van der Waals surface area contributed by atoms with Gasteiger partial charge in [-0.3, -0.25) is 9.59 Å². The molecular formula is C20H29N3O2. The third-order valence-electron chi connectivity index (χ3n) is 6.75. The van der Waals surface area contributed by atoms with Gasteiger partial charge in [0.2, 0.25) is 0 Å². The first-order valence-corrected chi connectivity index (χ1v) is 9.92. The van der Waals surface area contributed by atoms with Gasteiger partial charge in [-0.1, -0.05) is 13.3 Å². The van der Waals surface area contributed by atoms with E-state index in [2.05, 4.69) is 12.0 Å². The summed E-state index contributed by atoms with van der Waals surface area (Å²) in [6.07, 6.45) is 8.48. The fourth-order valence-electron chi connectivity index (χ4n) is 5.88. The fourth-order valence-corrected chi connectivity index (χ4v) is 5.88. The Balaban J connectivity index is 1.53. The molecule has 0 radical (unpaired) electrons. The van der Waals surface area contributed by atoms with Gasteiger partial charge in [0.25, 0.3) is 11.5 Å². The second-order valence-corrected chi connectivity index (χ2v) is 8.47. The van der Waals surface area contributed by atoms with Crippen LogP contribution in [0.3, 0.4) is 0 Å². The standard InChI is InChI=1S/C20H29N3O2/c1-3-4-7-23-18(24)6-5-17(21-23)20(25)22(2)19-15-9-13-8-14(11-15)12-16(19)10-13/h5-6,13-16,19H,3-4,7-12H2,1-2H3. The SMILES string of the molecule is CCCCn1nc(C(=O)N(C)C2C3CC4CC(C3)CC2C4)ccc1=O. The number of carbonyl (C=O) groups is 1. The van der Waals surface area contributed by atoms with E-state index in [1.165, 1.54) is 42.9 Å². The molecule has 5 rings (SSSR count). The van der Waals surface area contributed by atoms with Gasteiger partial charge in [0.05, 0.1) is 0 Å². The maximum Gasteiger partial charge on any atom is 0.274 e. The van der Waals surface area contributed by atoms with Crippen LogP contribution in [0, 0.1) is 23.7 Å². The van der Waals surface area contributed by atoms with E-state index < -0.39 is 0 Å². The molecule has 0 aliphatic heterocycles. The topological polar surface area (TPSA) is 55.2 Å². The number of unbranched alkanes of at least 4 members (excludes halogenated alkanes) is 1. The smallest absolute Gasteiger partial charge is 0.274 e. The summed E-state index contributed by atoms with van der Waals surface area (Å²) in [7, 11) is 1.94. The fraction of sp³-hybridized carbons (Fsp3) is 0.750. The van der Waals surface area contributed by atoms with E-state index in [0.29, 0.717) is 30.1 Å². The first-order valence-electron chi connectivity index (χ1n) is 9.92. The van der Waals surface area contributed by atoms with E-state index in [0.717, 1.165) is 24.7 Å². The Morgan fingerprint density at radius 1 is 1.16 bits per heavy atom. The lowest BCUT2D eigenvalue weighted by molar-refractivity contribution is -0.0492. The molecule has 1 aromatic rings. The van der Waals surface area contributed by atoms with Crippen molar-refractivity contribution in [2.45, 2.75) is 64.5 Å². The molecule has 4 aliphatic carbocycles. The van der Waals surface area contributed by atoms with Crippen molar-refractivity contribution in [3.8, 4) is 0 Å². The highest BCUT2D eigenvalue weighted by Gasteiger charge is 2.50. The van der Waals surface area contributed by atoms with Crippen LogP contribution < -0.4 is 5.56 Å². The minimum atomic E-state index is -0.123. The second kappa shape index (κ2) is 6.58. The molecule has 1 aromatic heterocycles. The number of hydrogen-bond donors (Lipinski definition) is 0. The van der Waals surface area contributed by atoms with Crippen LogP contribution in [-0.2, 0) is 6.54 Å². The highest BCUT2D eigenvalue weighted by molar-refractivity contribution is 5.92. The Kier molecular flexibility index (Phi) is 4.42. The summed E-state index contributed by atoms with van der Waals surface area (Å²) >= 11 is 0. The maximum atomic E-state index is 13.1. The third-order valence-corrected chi connectivity index (χ3v) is 6.75. The molecule has 1 amide bonds. The number of carbonyl (C=O) groups excluding carboxylic acids is 1. The number of aromatic nitrogens is 2. The molecule has 25 heavy (non-hydrogen) atoms. The van der Waals surface area contributed by atoms with Crippen LogP contribution >= 0.6 is 0 Å². The summed E-state index contributed by atoms with van der Waals surface area (Å²) in [6.45, 7) is 2.67. The van der Waals surface area contributed by atoms with Gasteiger partial charge >= 0.3 is 0 Å². The van der Waals surface area contributed by atoms with Crippen molar-refractivity contribution >= 4 is 5.91 Å². The molecule has 0 unspecified atom stereocenters. The Hall–Kier alpha value is -1.65. The van der Waals surface area contributed by atoms with Crippen LogP contribution in [0.1, 0.15) is 62.4 Å². The summed E-state index contributed by atoms with van der Waals surface area (Å²) in [5.41, 5.74) is 0.286. The molecule has 0 spiro atoms. The summed E-state index contributed by atoms with van der Waals surface area (Å²) in [5, 5.41) is 4.36. The molecule has 0 aromatic carbocycles. The number of rotatable bonds is 5. The van der Waals surface area contributed by atoms with Crippen molar-refractivity contribution in [1.82, 2.24) is 14.7 Å². The normalized spacial score (nSPS) is 32.8. The lowest BCUT2D eigenvalue weighted by atomic mass is 9.54. The van der Waals surface area contributed by atoms with Gasteiger partial charge in [-0.05, 0) is 68.3 Å². The average molecular weight is 343 g/mol. The molecule has 0 saturated heterocycles. The van der Waals surface area contributed by atoms with Crippen LogP contribution in [-0.4, -0.2) is 33.7 Å². The van der Waals surface area contributed by atoms with E-state index >= 15 is 0 Å². The molecule has 4 bridgehead atoms. The van der Waals surface area contributed by atoms with Crippen molar-refractivity contribution in [2.75, 3.05) is 7.05 Å². The number of nitrogens with zero attached hydrogens (tertiary/aromatic N) is 3. The summed E-state index contributed by atoms with van der Waals surface area (Å²) in [5.74, 6) is 3.10. The van der Waals surface area contributed by atoms with E-state index in [4.69, 9.17) is 0 Å². The zero-order valence-corrected chi connectivity index (χ0v) is 15.4. The molecule has 136 valence electrons. The number of aryl methyl sites for hydroxylation is 1. The number of amides is 1.